The van der Waals surface area contributed by atoms with Crippen LogP contribution in [0.3, 0.4) is 0 Å². The number of amides is 2. The summed E-state index contributed by atoms with van der Waals surface area (Å²) in [6.07, 6.45) is 0.949. The maximum atomic E-state index is 13.4. The molecule has 5 nitrogen and oxygen atoms in total. The quantitative estimate of drug-likeness (QED) is 0.864. The summed E-state index contributed by atoms with van der Waals surface area (Å²) in [6.45, 7) is 0.297. The molecule has 2 rings (SSSR count). The molecule has 0 saturated carbocycles. The van der Waals surface area contributed by atoms with Gasteiger partial charge in [-0.15, -0.1) is 0 Å². The fraction of sp³-hybridized carbons (Fsp3) is 0.333. The lowest BCUT2D eigenvalue weighted by Gasteiger charge is -2.21. The maximum Gasteiger partial charge on any atom is 0.326 e. The van der Waals surface area contributed by atoms with Crippen LogP contribution < -0.4 is 5.32 Å². The summed E-state index contributed by atoms with van der Waals surface area (Å²) in [7, 11) is 0. The second-order valence-electron chi connectivity index (χ2n) is 4.24. The molecule has 1 atom stereocenters. The zero-order chi connectivity index (χ0) is 14.0. The number of carbonyl (C=O) groups excluding carboxylic acids is 1. The zero-order valence-corrected chi connectivity index (χ0v) is 9.90. The van der Waals surface area contributed by atoms with E-state index in [1.54, 1.807) is 0 Å². The Labute approximate surface area is 107 Å². The maximum absolute atomic E-state index is 13.4. The summed E-state index contributed by atoms with van der Waals surface area (Å²) in [5, 5.41) is 11.2. The highest BCUT2D eigenvalue weighted by Crippen LogP contribution is 2.20. The van der Waals surface area contributed by atoms with E-state index in [2.05, 4.69) is 5.32 Å². The van der Waals surface area contributed by atoms with E-state index in [0.717, 1.165) is 17.0 Å². The van der Waals surface area contributed by atoms with Crippen LogP contribution >= 0.6 is 0 Å². The number of carboxylic acid groups (broad SMARTS) is 1. The summed E-state index contributed by atoms with van der Waals surface area (Å²) < 4.78 is 26.1. The lowest BCUT2D eigenvalue weighted by atomic mass is 10.2. The molecule has 1 aromatic rings. The van der Waals surface area contributed by atoms with E-state index in [4.69, 9.17) is 5.11 Å². The first-order valence-corrected chi connectivity index (χ1v) is 5.74. The van der Waals surface area contributed by atoms with Gasteiger partial charge in [0.2, 0.25) is 0 Å². The Balaban J connectivity index is 2.10. The predicted molar refractivity (Wildman–Crippen MR) is 62.7 cm³/mol. The molecule has 2 amide bonds. The van der Waals surface area contributed by atoms with Crippen LogP contribution in [0.2, 0.25) is 0 Å². The van der Waals surface area contributed by atoms with E-state index < -0.39 is 29.7 Å². The van der Waals surface area contributed by atoms with Gasteiger partial charge in [-0.25, -0.2) is 18.4 Å². The topological polar surface area (TPSA) is 69.6 Å². The second kappa shape index (κ2) is 5.21. The van der Waals surface area contributed by atoms with Crippen molar-refractivity contribution in [2.24, 2.45) is 0 Å². The van der Waals surface area contributed by atoms with Gasteiger partial charge in [-0.2, -0.15) is 0 Å². The van der Waals surface area contributed by atoms with Crippen molar-refractivity contribution in [3.8, 4) is 0 Å². The molecule has 19 heavy (non-hydrogen) atoms. The average molecular weight is 270 g/mol. The second-order valence-corrected chi connectivity index (χ2v) is 4.24. The molecule has 0 bridgehead atoms. The van der Waals surface area contributed by atoms with Crippen molar-refractivity contribution in [1.29, 1.82) is 0 Å². The largest absolute Gasteiger partial charge is 0.480 e. The van der Waals surface area contributed by atoms with Crippen LogP contribution in [-0.4, -0.2) is 34.6 Å². The Morgan fingerprint density at radius 2 is 2.11 bits per heavy atom. The van der Waals surface area contributed by atoms with Gasteiger partial charge in [0, 0.05) is 12.6 Å². The highest BCUT2D eigenvalue weighted by Gasteiger charge is 2.34. The normalized spacial score (nSPS) is 18.4. The molecule has 0 aliphatic carbocycles. The van der Waals surface area contributed by atoms with Crippen LogP contribution in [0.15, 0.2) is 18.2 Å². The molecule has 1 heterocycles. The van der Waals surface area contributed by atoms with Gasteiger partial charge in [-0.1, -0.05) is 0 Å². The molecular formula is C12H12F2N2O3. The van der Waals surface area contributed by atoms with Gasteiger partial charge >= 0.3 is 12.0 Å². The molecule has 0 radical (unpaired) electrons. The number of hydrogen-bond acceptors (Lipinski definition) is 2. The van der Waals surface area contributed by atoms with Crippen LogP contribution in [0.5, 0.6) is 0 Å². The van der Waals surface area contributed by atoms with Crippen molar-refractivity contribution in [3.05, 3.63) is 29.8 Å². The minimum Gasteiger partial charge on any atom is -0.480 e. The van der Waals surface area contributed by atoms with Crippen LogP contribution in [0.1, 0.15) is 12.8 Å². The molecule has 0 aromatic heterocycles. The fourth-order valence-electron chi connectivity index (χ4n) is 2.04. The number of benzene rings is 1. The minimum atomic E-state index is -1.09. The highest BCUT2D eigenvalue weighted by molar-refractivity contribution is 5.92. The first-order valence-electron chi connectivity index (χ1n) is 5.74. The van der Waals surface area contributed by atoms with E-state index in [0.29, 0.717) is 25.5 Å². The number of anilines is 1. The summed E-state index contributed by atoms with van der Waals surface area (Å²) >= 11 is 0. The molecule has 7 heteroatoms. The van der Waals surface area contributed by atoms with Crippen molar-refractivity contribution in [2.75, 3.05) is 11.9 Å². The standard InChI is InChI=1S/C12H12F2N2O3/c13-7-3-4-9(8(14)6-7)15-12(19)16-5-1-2-10(16)11(17)18/h3-4,6,10H,1-2,5H2,(H,15,19)(H,17,18). The predicted octanol–water partition coefficient (Wildman–Crippen LogP) is 2.05. The smallest absolute Gasteiger partial charge is 0.326 e. The number of urea groups is 1. The number of likely N-dealkylation sites (tertiary alicyclic amines) is 1. The number of carbonyl (C=O) groups is 2. The Bertz CT molecular complexity index is 522. The van der Waals surface area contributed by atoms with Crippen LogP contribution in [-0.2, 0) is 4.79 Å². The molecule has 1 aliphatic heterocycles. The third-order valence-corrected chi connectivity index (χ3v) is 2.97. The van der Waals surface area contributed by atoms with Gasteiger partial charge in [-0.05, 0) is 25.0 Å². The zero-order valence-electron chi connectivity index (χ0n) is 9.90. The molecule has 2 N–H and O–H groups in total. The summed E-state index contributed by atoms with van der Waals surface area (Å²) in [4.78, 5) is 23.9. The van der Waals surface area contributed by atoms with Gasteiger partial charge in [0.05, 0.1) is 5.69 Å². The van der Waals surface area contributed by atoms with Crippen molar-refractivity contribution < 1.29 is 23.5 Å². The number of nitrogens with zero attached hydrogens (tertiary/aromatic N) is 1. The molecule has 102 valence electrons. The molecule has 1 fully saturated rings. The number of hydrogen-bond donors (Lipinski definition) is 2. The lowest BCUT2D eigenvalue weighted by Crippen LogP contribution is -2.42. The van der Waals surface area contributed by atoms with Crippen molar-refractivity contribution in [1.82, 2.24) is 4.90 Å². The fourth-order valence-corrected chi connectivity index (χ4v) is 2.04. The van der Waals surface area contributed by atoms with Crippen LogP contribution in [0.25, 0.3) is 0 Å². The number of halogens is 2. The van der Waals surface area contributed by atoms with Crippen LogP contribution in [0, 0.1) is 11.6 Å². The van der Waals surface area contributed by atoms with Crippen molar-refractivity contribution in [3.63, 3.8) is 0 Å². The van der Waals surface area contributed by atoms with Crippen LogP contribution in [0.4, 0.5) is 19.3 Å². The third kappa shape index (κ3) is 2.81. The van der Waals surface area contributed by atoms with E-state index in [1.165, 1.54) is 0 Å². The molecule has 1 saturated heterocycles. The Morgan fingerprint density at radius 1 is 1.37 bits per heavy atom. The summed E-state index contributed by atoms with van der Waals surface area (Å²) in [5.41, 5.74) is -0.178. The molecule has 0 spiro atoms. The minimum absolute atomic E-state index is 0.178. The van der Waals surface area contributed by atoms with E-state index in [1.807, 2.05) is 0 Å². The monoisotopic (exact) mass is 270 g/mol. The number of rotatable bonds is 2. The Hall–Kier alpha value is -2.18. The first-order chi connectivity index (χ1) is 8.99. The molecule has 1 aromatic carbocycles. The number of nitrogens with one attached hydrogen (secondary N) is 1. The van der Waals surface area contributed by atoms with Crippen molar-refractivity contribution in [2.45, 2.75) is 18.9 Å². The van der Waals surface area contributed by atoms with Crippen molar-refractivity contribution >= 4 is 17.7 Å². The third-order valence-electron chi connectivity index (χ3n) is 2.97. The Kier molecular flexibility index (Phi) is 3.64. The van der Waals surface area contributed by atoms with Gasteiger partial charge in [0.1, 0.15) is 17.7 Å². The summed E-state index contributed by atoms with van der Waals surface area (Å²) in [6, 6.07) is 1.15. The lowest BCUT2D eigenvalue weighted by molar-refractivity contribution is -0.141. The molecule has 1 unspecified atom stereocenters. The first kappa shape index (κ1) is 13.3. The van der Waals surface area contributed by atoms with Gasteiger partial charge in [0.25, 0.3) is 0 Å². The SMILES string of the molecule is O=C(O)C1CCCN1C(=O)Nc1ccc(F)cc1F. The average Bonchev–Trinajstić information content (AvgIpc) is 2.82. The van der Waals surface area contributed by atoms with E-state index >= 15 is 0 Å². The van der Waals surface area contributed by atoms with Gasteiger partial charge in [0.15, 0.2) is 0 Å². The molecular weight excluding hydrogens is 258 g/mol. The number of carboxylic acids is 1. The number of aliphatic carboxylic acids is 1. The Morgan fingerprint density at radius 3 is 2.74 bits per heavy atom. The highest BCUT2D eigenvalue weighted by atomic mass is 19.1. The van der Waals surface area contributed by atoms with Gasteiger partial charge < -0.3 is 15.3 Å². The summed E-state index contributed by atoms with van der Waals surface area (Å²) in [5.74, 6) is -2.74. The van der Waals surface area contributed by atoms with Gasteiger partial charge in [-0.3, -0.25) is 0 Å². The van der Waals surface area contributed by atoms with E-state index in [9.17, 15) is 18.4 Å². The molecule has 1 aliphatic rings. The van der Waals surface area contributed by atoms with E-state index in [-0.39, 0.29) is 5.69 Å².